The summed E-state index contributed by atoms with van der Waals surface area (Å²) in [6.07, 6.45) is 11.2. The van der Waals surface area contributed by atoms with Crippen LogP contribution in [0.25, 0.3) is 0 Å². The first-order chi connectivity index (χ1) is 12.0. The molecular formula is C22H35NO2. The molecule has 6 rings (SSSR count). The van der Waals surface area contributed by atoms with Crippen LogP contribution in [-0.4, -0.2) is 42.0 Å². The summed E-state index contributed by atoms with van der Waals surface area (Å²) in [6, 6.07) is 0. The molecule has 6 aliphatic rings. The summed E-state index contributed by atoms with van der Waals surface area (Å²) in [4.78, 5) is 2.71. The molecule has 4 bridgehead atoms. The van der Waals surface area contributed by atoms with E-state index in [1.807, 2.05) is 0 Å². The van der Waals surface area contributed by atoms with Crippen molar-refractivity contribution < 1.29 is 9.84 Å². The van der Waals surface area contributed by atoms with Crippen molar-refractivity contribution in [1.82, 2.24) is 4.90 Å². The Kier molecular flexibility index (Phi) is 3.07. The first kappa shape index (κ1) is 15.9. The molecule has 1 N–H and O–H groups in total. The highest BCUT2D eigenvalue weighted by atomic mass is 16.5. The maximum atomic E-state index is 11.4. The minimum atomic E-state index is -0.0407. The average molecular weight is 346 g/mol. The van der Waals surface area contributed by atoms with Gasteiger partial charge in [0.05, 0.1) is 12.7 Å². The monoisotopic (exact) mass is 345 g/mol. The summed E-state index contributed by atoms with van der Waals surface area (Å²) < 4.78 is 6.30. The highest BCUT2D eigenvalue weighted by molar-refractivity contribution is 5.20. The fourth-order valence-electron chi connectivity index (χ4n) is 9.74. The second kappa shape index (κ2) is 4.83. The molecule has 2 heterocycles. The number of hydrogen-bond acceptors (Lipinski definition) is 3. The largest absolute Gasteiger partial charge is 0.392 e. The smallest absolute Gasteiger partial charge is 0.116 e. The first-order valence-corrected chi connectivity index (χ1v) is 11.1. The molecule has 2 saturated heterocycles. The Morgan fingerprint density at radius 2 is 1.92 bits per heavy atom. The van der Waals surface area contributed by atoms with Crippen LogP contribution in [0.3, 0.4) is 0 Å². The zero-order valence-corrected chi connectivity index (χ0v) is 16.0. The van der Waals surface area contributed by atoms with Crippen LogP contribution in [0.1, 0.15) is 65.2 Å². The Morgan fingerprint density at radius 3 is 2.80 bits per heavy atom. The summed E-state index contributed by atoms with van der Waals surface area (Å²) in [6.45, 7) is 8.23. The maximum absolute atomic E-state index is 11.4. The highest BCUT2D eigenvalue weighted by Gasteiger charge is 2.72. The Hall–Kier alpha value is -0.120. The Morgan fingerprint density at radius 1 is 1.04 bits per heavy atom. The molecule has 3 heteroatoms. The lowest BCUT2D eigenvalue weighted by atomic mass is 9.38. The van der Waals surface area contributed by atoms with Crippen LogP contribution in [0.5, 0.6) is 0 Å². The zero-order chi connectivity index (χ0) is 17.0. The summed E-state index contributed by atoms with van der Waals surface area (Å²) in [5.41, 5.74) is 1.07. The molecule has 1 unspecified atom stereocenters. The number of aliphatic hydroxyl groups is 1. The van der Waals surface area contributed by atoms with E-state index in [-0.39, 0.29) is 11.5 Å². The molecular weight excluding hydrogens is 310 g/mol. The van der Waals surface area contributed by atoms with E-state index in [4.69, 9.17) is 4.74 Å². The van der Waals surface area contributed by atoms with Gasteiger partial charge in [-0.2, -0.15) is 0 Å². The fourth-order valence-corrected chi connectivity index (χ4v) is 9.74. The summed E-state index contributed by atoms with van der Waals surface area (Å²) in [5, 5.41) is 11.4. The van der Waals surface area contributed by atoms with Crippen molar-refractivity contribution in [2.24, 2.45) is 39.9 Å². The number of fused-ring (bicyclic) bond motifs is 3. The van der Waals surface area contributed by atoms with Gasteiger partial charge in [-0.1, -0.05) is 20.3 Å². The molecule has 4 saturated carbocycles. The molecule has 4 aliphatic carbocycles. The van der Waals surface area contributed by atoms with Gasteiger partial charge in [-0.05, 0) is 74.0 Å². The van der Waals surface area contributed by atoms with Gasteiger partial charge in [0, 0.05) is 23.9 Å². The van der Waals surface area contributed by atoms with Gasteiger partial charge in [0.2, 0.25) is 0 Å². The van der Waals surface area contributed by atoms with Crippen molar-refractivity contribution in [1.29, 1.82) is 0 Å². The standard InChI is InChI=1S/C22H35NO2/c1-14-15-4-5-17-21(12-15,18(14)24)9-6-16-20(2)7-3-8-22(16,17)13-23-10-11-25-19(20)23/h14-19,24H,3-13H2,1-2H3/t14-,15+,16+,17+,18-,19?,20+,21+,22-/m0/s1. The van der Waals surface area contributed by atoms with Gasteiger partial charge in [-0.15, -0.1) is 0 Å². The van der Waals surface area contributed by atoms with E-state index in [1.54, 1.807) is 0 Å². The van der Waals surface area contributed by atoms with Gasteiger partial charge in [0.25, 0.3) is 0 Å². The predicted molar refractivity (Wildman–Crippen MR) is 96.9 cm³/mol. The van der Waals surface area contributed by atoms with Gasteiger partial charge in [-0.3, -0.25) is 4.90 Å². The third-order valence-electron chi connectivity index (χ3n) is 10.5. The lowest BCUT2D eigenvalue weighted by Gasteiger charge is -2.70. The van der Waals surface area contributed by atoms with E-state index >= 15 is 0 Å². The molecule has 0 radical (unpaired) electrons. The first-order valence-electron chi connectivity index (χ1n) is 11.1. The average Bonchev–Trinajstić information content (AvgIpc) is 3.13. The number of ether oxygens (including phenoxy) is 1. The normalized spacial score (nSPS) is 63.0. The van der Waals surface area contributed by atoms with Crippen molar-refractivity contribution in [3.63, 3.8) is 0 Å². The van der Waals surface area contributed by atoms with Gasteiger partial charge in [0.1, 0.15) is 6.23 Å². The van der Waals surface area contributed by atoms with Crippen LogP contribution in [0.15, 0.2) is 0 Å². The number of nitrogens with zero attached hydrogens (tertiary/aromatic N) is 1. The van der Waals surface area contributed by atoms with E-state index in [2.05, 4.69) is 18.7 Å². The zero-order valence-electron chi connectivity index (χ0n) is 16.0. The summed E-state index contributed by atoms with van der Waals surface area (Å²) in [5.74, 6) is 2.90. The maximum Gasteiger partial charge on any atom is 0.116 e. The van der Waals surface area contributed by atoms with E-state index in [1.165, 1.54) is 57.9 Å². The molecule has 0 amide bonds. The fraction of sp³-hybridized carbons (Fsp3) is 1.00. The van der Waals surface area contributed by atoms with Crippen molar-refractivity contribution >= 4 is 0 Å². The van der Waals surface area contributed by atoms with Crippen molar-refractivity contribution in [2.75, 3.05) is 19.7 Å². The van der Waals surface area contributed by atoms with Gasteiger partial charge in [-0.25, -0.2) is 0 Å². The van der Waals surface area contributed by atoms with Crippen LogP contribution in [-0.2, 0) is 4.74 Å². The minimum Gasteiger partial charge on any atom is -0.392 e. The number of rotatable bonds is 0. The Bertz CT molecular complexity index is 595. The predicted octanol–water partition coefficient (Wildman–Crippen LogP) is 3.66. The van der Waals surface area contributed by atoms with E-state index in [0.717, 1.165) is 30.9 Å². The molecule has 0 aromatic heterocycles. The second-order valence-electron chi connectivity index (χ2n) is 11.0. The van der Waals surface area contributed by atoms with E-state index in [9.17, 15) is 5.11 Å². The second-order valence-corrected chi connectivity index (χ2v) is 11.0. The Labute approximate surface area is 152 Å². The SMILES string of the molecule is C[C@H]1[C@@H]2CC[C@@H]3[C@@](CC[C@H]4[C@@]35CCC[C@@]4(C)C3OCCN3C5)(C2)[C@H]1O. The molecule has 0 aromatic rings. The highest BCUT2D eigenvalue weighted by Crippen LogP contribution is 2.74. The molecule has 25 heavy (non-hydrogen) atoms. The van der Waals surface area contributed by atoms with Crippen LogP contribution in [0, 0.1) is 39.9 Å². The van der Waals surface area contributed by atoms with Gasteiger partial charge < -0.3 is 9.84 Å². The summed E-state index contributed by atoms with van der Waals surface area (Å²) in [7, 11) is 0. The molecule has 2 aliphatic heterocycles. The number of aliphatic hydroxyl groups excluding tert-OH is 1. The van der Waals surface area contributed by atoms with E-state index < -0.39 is 0 Å². The van der Waals surface area contributed by atoms with Crippen LogP contribution in [0.2, 0.25) is 0 Å². The molecule has 0 aromatic carbocycles. The van der Waals surface area contributed by atoms with Gasteiger partial charge in [0.15, 0.2) is 0 Å². The van der Waals surface area contributed by atoms with Crippen molar-refractivity contribution in [3.8, 4) is 0 Å². The van der Waals surface area contributed by atoms with Crippen molar-refractivity contribution in [2.45, 2.75) is 77.5 Å². The molecule has 6 fully saturated rings. The quantitative estimate of drug-likeness (QED) is 0.727. The molecule has 1 spiro atoms. The van der Waals surface area contributed by atoms with Crippen LogP contribution in [0.4, 0.5) is 0 Å². The number of piperidine rings is 1. The van der Waals surface area contributed by atoms with E-state index in [0.29, 0.717) is 23.0 Å². The van der Waals surface area contributed by atoms with Crippen LogP contribution < -0.4 is 0 Å². The van der Waals surface area contributed by atoms with Crippen molar-refractivity contribution in [3.05, 3.63) is 0 Å². The lowest BCUT2D eigenvalue weighted by Crippen LogP contribution is -2.70. The Balaban J connectivity index is 1.48. The lowest BCUT2D eigenvalue weighted by molar-refractivity contribution is -0.260. The third-order valence-corrected chi connectivity index (χ3v) is 10.5. The minimum absolute atomic E-state index is 0.0407. The summed E-state index contributed by atoms with van der Waals surface area (Å²) >= 11 is 0. The van der Waals surface area contributed by atoms with Gasteiger partial charge >= 0.3 is 0 Å². The topological polar surface area (TPSA) is 32.7 Å². The third kappa shape index (κ3) is 1.66. The molecule has 9 atom stereocenters. The van der Waals surface area contributed by atoms with Crippen LogP contribution >= 0.6 is 0 Å². The molecule has 3 nitrogen and oxygen atoms in total. The number of hydrogen-bond donors (Lipinski definition) is 1. The molecule has 140 valence electrons.